The molecule has 0 saturated heterocycles. The second-order valence-corrected chi connectivity index (χ2v) is 5.05. The molecule has 8 heteroatoms. The predicted molar refractivity (Wildman–Crippen MR) is 84.2 cm³/mol. The lowest BCUT2D eigenvalue weighted by Gasteiger charge is -2.06. The van der Waals surface area contributed by atoms with Crippen LogP contribution in [0.2, 0.25) is 0 Å². The van der Waals surface area contributed by atoms with Crippen LogP contribution in [-0.2, 0) is 4.74 Å². The molecule has 0 amide bonds. The second kappa shape index (κ2) is 6.17. The Balaban J connectivity index is 2.01. The van der Waals surface area contributed by atoms with Gasteiger partial charge in [0, 0.05) is 6.07 Å². The lowest BCUT2D eigenvalue weighted by Crippen LogP contribution is -2.13. The van der Waals surface area contributed by atoms with Crippen molar-refractivity contribution in [1.82, 2.24) is 15.0 Å². The van der Waals surface area contributed by atoms with Crippen LogP contribution in [0.5, 0.6) is 11.5 Å². The van der Waals surface area contributed by atoms with Gasteiger partial charge in [0.05, 0.1) is 12.7 Å². The third-order valence-electron chi connectivity index (χ3n) is 3.29. The fourth-order valence-corrected chi connectivity index (χ4v) is 2.16. The van der Waals surface area contributed by atoms with Crippen LogP contribution in [-0.4, -0.2) is 44.6 Å². The Morgan fingerprint density at radius 2 is 1.92 bits per heavy atom. The topological polar surface area (TPSA) is 107 Å². The average molecular weight is 329 g/mol. The van der Waals surface area contributed by atoms with Crippen LogP contribution in [0.4, 0.5) is 0 Å². The number of hydrogen-bond acceptors (Lipinski definition) is 7. The summed E-state index contributed by atoms with van der Waals surface area (Å²) >= 11 is 0. The van der Waals surface area contributed by atoms with Gasteiger partial charge in [-0.05, 0) is 37.3 Å². The van der Waals surface area contributed by atoms with E-state index >= 15 is 0 Å². The highest BCUT2D eigenvalue weighted by molar-refractivity contribution is 5.93. The number of nitrogens with zero attached hydrogens (tertiary/aromatic N) is 3. The van der Waals surface area contributed by atoms with Gasteiger partial charge in [-0.2, -0.15) is 0 Å². The first-order chi connectivity index (χ1) is 11.5. The van der Waals surface area contributed by atoms with Gasteiger partial charge in [-0.3, -0.25) is 0 Å². The summed E-state index contributed by atoms with van der Waals surface area (Å²) in [6, 6.07) is 9.32. The highest BCUT2D eigenvalue weighted by Crippen LogP contribution is 2.26. The predicted octanol–water partition coefficient (Wildman–Crippen LogP) is 1.63. The molecule has 0 aliphatic heterocycles. The molecule has 124 valence electrons. The van der Waals surface area contributed by atoms with E-state index in [9.17, 15) is 9.90 Å². The molecule has 0 saturated carbocycles. The highest BCUT2D eigenvalue weighted by Gasteiger charge is 2.14. The van der Waals surface area contributed by atoms with Crippen LogP contribution in [0.1, 0.15) is 17.3 Å². The maximum Gasteiger partial charge on any atom is 0.340 e. The molecule has 0 radical (unpaired) electrons. The highest BCUT2D eigenvalue weighted by atomic mass is 16.6. The summed E-state index contributed by atoms with van der Waals surface area (Å²) in [5, 5.41) is 27.6. The minimum atomic E-state index is -1.20. The van der Waals surface area contributed by atoms with Crippen LogP contribution in [0.15, 0.2) is 36.4 Å². The van der Waals surface area contributed by atoms with Crippen molar-refractivity contribution in [3.05, 3.63) is 42.0 Å². The first-order valence-electron chi connectivity index (χ1n) is 7.11. The number of aromatic hydroxyl groups is 1. The molecule has 2 aromatic carbocycles. The number of phenols is 1. The van der Waals surface area contributed by atoms with E-state index in [1.165, 1.54) is 37.0 Å². The average Bonchev–Trinajstić information content (AvgIpc) is 2.97. The molecule has 1 aromatic heterocycles. The number of benzene rings is 2. The standard InChI is InChI=1S/C16H15N3O5/c1-9(20)24-16(22)10-3-5-12-13(7-10)18-19(17-12)14-8-11(23-2)4-6-15(14)21/h3-9,20-21H,1-2H3. The molecular weight excluding hydrogens is 314 g/mol. The number of aromatic nitrogens is 3. The van der Waals surface area contributed by atoms with Crippen molar-refractivity contribution in [2.75, 3.05) is 7.11 Å². The van der Waals surface area contributed by atoms with Gasteiger partial charge in [0.1, 0.15) is 28.2 Å². The molecule has 3 aromatic rings. The molecule has 0 spiro atoms. The number of hydrogen-bond donors (Lipinski definition) is 2. The number of methoxy groups -OCH3 is 1. The fourth-order valence-electron chi connectivity index (χ4n) is 2.16. The van der Waals surface area contributed by atoms with Crippen molar-refractivity contribution < 1.29 is 24.5 Å². The van der Waals surface area contributed by atoms with Crippen molar-refractivity contribution in [2.24, 2.45) is 0 Å². The maximum atomic E-state index is 11.8. The van der Waals surface area contributed by atoms with Crippen molar-refractivity contribution in [3.8, 4) is 17.2 Å². The smallest absolute Gasteiger partial charge is 0.340 e. The number of fused-ring (bicyclic) bond motifs is 1. The second-order valence-electron chi connectivity index (χ2n) is 5.05. The minimum absolute atomic E-state index is 0.00940. The Hall–Kier alpha value is -3.13. The molecule has 0 bridgehead atoms. The SMILES string of the molecule is COc1ccc(O)c(-n2nc3ccc(C(=O)OC(C)O)cc3n2)c1. The van der Waals surface area contributed by atoms with Crippen LogP contribution < -0.4 is 4.74 Å². The van der Waals surface area contributed by atoms with Crippen molar-refractivity contribution >= 4 is 17.0 Å². The molecule has 1 atom stereocenters. The first kappa shape index (κ1) is 15.8. The van der Waals surface area contributed by atoms with Gasteiger partial charge in [0.25, 0.3) is 0 Å². The Morgan fingerprint density at radius 1 is 1.17 bits per heavy atom. The van der Waals surface area contributed by atoms with E-state index < -0.39 is 12.3 Å². The van der Waals surface area contributed by atoms with Crippen LogP contribution in [0.3, 0.4) is 0 Å². The monoisotopic (exact) mass is 329 g/mol. The van der Waals surface area contributed by atoms with Crippen LogP contribution in [0, 0.1) is 0 Å². The third-order valence-corrected chi connectivity index (χ3v) is 3.29. The van der Waals surface area contributed by atoms with Gasteiger partial charge in [-0.15, -0.1) is 15.0 Å². The fraction of sp³-hybridized carbons (Fsp3) is 0.188. The van der Waals surface area contributed by atoms with E-state index in [0.717, 1.165) is 0 Å². The molecule has 0 aliphatic rings. The molecular formula is C16H15N3O5. The van der Waals surface area contributed by atoms with Crippen LogP contribution in [0.25, 0.3) is 16.7 Å². The summed E-state index contributed by atoms with van der Waals surface area (Å²) in [4.78, 5) is 13.1. The minimum Gasteiger partial charge on any atom is -0.506 e. The molecule has 1 heterocycles. The van der Waals surface area contributed by atoms with Crippen molar-refractivity contribution in [3.63, 3.8) is 0 Å². The molecule has 1 unspecified atom stereocenters. The zero-order valence-corrected chi connectivity index (χ0v) is 13.0. The van der Waals surface area contributed by atoms with Crippen molar-refractivity contribution in [2.45, 2.75) is 13.2 Å². The molecule has 0 fully saturated rings. The third kappa shape index (κ3) is 2.99. The summed E-state index contributed by atoms with van der Waals surface area (Å²) in [5.74, 6) is -0.124. The van der Waals surface area contributed by atoms with E-state index in [4.69, 9.17) is 14.6 Å². The van der Waals surface area contributed by atoms with E-state index in [0.29, 0.717) is 22.5 Å². The molecule has 3 rings (SSSR count). The summed E-state index contributed by atoms with van der Waals surface area (Å²) in [5.41, 5.74) is 1.56. The number of ether oxygens (including phenoxy) is 2. The Morgan fingerprint density at radius 3 is 2.62 bits per heavy atom. The lowest BCUT2D eigenvalue weighted by molar-refractivity contribution is -0.0523. The number of aliphatic hydroxyl groups is 1. The summed E-state index contributed by atoms with van der Waals surface area (Å²) < 4.78 is 9.86. The Kier molecular flexibility index (Phi) is 4.05. The number of carbonyl (C=O) groups is 1. The zero-order chi connectivity index (χ0) is 17.3. The molecule has 24 heavy (non-hydrogen) atoms. The number of aliphatic hydroxyl groups excluding tert-OH is 1. The number of esters is 1. The molecule has 2 N–H and O–H groups in total. The van der Waals surface area contributed by atoms with Gasteiger partial charge in [-0.25, -0.2) is 4.79 Å². The Labute approximate surface area is 136 Å². The lowest BCUT2D eigenvalue weighted by atomic mass is 10.2. The summed E-state index contributed by atoms with van der Waals surface area (Å²) in [7, 11) is 1.52. The van der Waals surface area contributed by atoms with Gasteiger partial charge in [-0.1, -0.05) is 0 Å². The van der Waals surface area contributed by atoms with Gasteiger partial charge in [0.15, 0.2) is 6.29 Å². The van der Waals surface area contributed by atoms with E-state index in [-0.39, 0.29) is 11.3 Å². The number of carbonyl (C=O) groups excluding carboxylic acids is 1. The Bertz CT molecular complexity index is 904. The maximum absolute atomic E-state index is 11.8. The van der Waals surface area contributed by atoms with Crippen molar-refractivity contribution in [1.29, 1.82) is 0 Å². The summed E-state index contributed by atoms with van der Waals surface area (Å²) in [6.07, 6.45) is -1.20. The van der Waals surface area contributed by atoms with Gasteiger partial charge >= 0.3 is 5.97 Å². The largest absolute Gasteiger partial charge is 0.506 e. The van der Waals surface area contributed by atoms with Crippen LogP contribution >= 0.6 is 0 Å². The van der Waals surface area contributed by atoms with E-state index in [2.05, 4.69) is 10.2 Å². The number of phenolic OH excluding ortho intramolecular Hbond substituents is 1. The van der Waals surface area contributed by atoms with E-state index in [1.807, 2.05) is 0 Å². The van der Waals surface area contributed by atoms with E-state index in [1.54, 1.807) is 18.2 Å². The van der Waals surface area contributed by atoms with Gasteiger partial charge < -0.3 is 19.7 Å². The molecule has 8 nitrogen and oxygen atoms in total. The normalized spacial score (nSPS) is 12.1. The summed E-state index contributed by atoms with van der Waals surface area (Å²) in [6.45, 7) is 1.35. The molecule has 0 aliphatic carbocycles. The van der Waals surface area contributed by atoms with Gasteiger partial charge in [0.2, 0.25) is 0 Å². The number of rotatable bonds is 4. The zero-order valence-electron chi connectivity index (χ0n) is 13.0. The first-order valence-corrected chi connectivity index (χ1v) is 7.11. The quantitative estimate of drug-likeness (QED) is 0.553.